The Hall–Kier alpha value is -1.36. The van der Waals surface area contributed by atoms with Crippen molar-refractivity contribution in [3.63, 3.8) is 0 Å². The molecule has 1 aliphatic heterocycles. The zero-order valence-electron chi connectivity index (χ0n) is 9.93. The van der Waals surface area contributed by atoms with Gasteiger partial charge in [-0.2, -0.15) is 0 Å². The third kappa shape index (κ3) is 4.19. The standard InChI is InChI=1S/C12H19NO4/c1-2-8-17-9-4-6-11(14)13-7-3-5-10(13)12(15)16/h2,10H,1,3-9H2,(H,15,16). The predicted octanol–water partition coefficient (Wildman–Crippen LogP) is 1.04. The van der Waals surface area contributed by atoms with Gasteiger partial charge in [0.15, 0.2) is 0 Å². The Bertz CT molecular complexity index is 290. The summed E-state index contributed by atoms with van der Waals surface area (Å²) in [5.41, 5.74) is 0. The van der Waals surface area contributed by atoms with Crippen LogP contribution in [0.15, 0.2) is 12.7 Å². The lowest BCUT2D eigenvalue weighted by molar-refractivity contribution is -0.148. The van der Waals surface area contributed by atoms with E-state index in [0.717, 1.165) is 6.42 Å². The summed E-state index contributed by atoms with van der Waals surface area (Å²) in [5, 5.41) is 8.94. The van der Waals surface area contributed by atoms with Gasteiger partial charge in [0.05, 0.1) is 6.61 Å². The number of nitrogens with zero attached hydrogens (tertiary/aromatic N) is 1. The van der Waals surface area contributed by atoms with Crippen LogP contribution in [0.3, 0.4) is 0 Å². The van der Waals surface area contributed by atoms with E-state index in [1.54, 1.807) is 6.08 Å². The molecule has 5 nitrogen and oxygen atoms in total. The first kappa shape index (κ1) is 13.7. The summed E-state index contributed by atoms with van der Waals surface area (Å²) < 4.78 is 5.17. The zero-order chi connectivity index (χ0) is 12.7. The number of carboxylic acid groups (broad SMARTS) is 1. The van der Waals surface area contributed by atoms with Crippen molar-refractivity contribution in [3.8, 4) is 0 Å². The minimum Gasteiger partial charge on any atom is -0.480 e. The summed E-state index contributed by atoms with van der Waals surface area (Å²) in [4.78, 5) is 24.1. The van der Waals surface area contributed by atoms with Crippen LogP contribution in [0.4, 0.5) is 0 Å². The summed E-state index contributed by atoms with van der Waals surface area (Å²) >= 11 is 0. The Labute approximate surface area is 101 Å². The van der Waals surface area contributed by atoms with Gasteiger partial charge in [-0.1, -0.05) is 6.08 Å². The van der Waals surface area contributed by atoms with Crippen LogP contribution in [0.1, 0.15) is 25.7 Å². The zero-order valence-corrected chi connectivity index (χ0v) is 9.93. The first-order chi connectivity index (χ1) is 8.16. The maximum atomic E-state index is 11.8. The molecule has 0 bridgehead atoms. The Balaban J connectivity index is 2.27. The highest BCUT2D eigenvalue weighted by molar-refractivity contribution is 5.84. The fourth-order valence-corrected chi connectivity index (χ4v) is 1.96. The van der Waals surface area contributed by atoms with Gasteiger partial charge in [-0.25, -0.2) is 4.79 Å². The molecule has 0 aromatic rings. The van der Waals surface area contributed by atoms with E-state index in [1.807, 2.05) is 0 Å². The number of rotatable bonds is 7. The maximum absolute atomic E-state index is 11.8. The van der Waals surface area contributed by atoms with Crippen LogP contribution in [-0.4, -0.2) is 47.7 Å². The number of likely N-dealkylation sites (tertiary alicyclic amines) is 1. The van der Waals surface area contributed by atoms with Crippen LogP contribution in [-0.2, 0) is 14.3 Å². The molecule has 0 radical (unpaired) electrons. The van der Waals surface area contributed by atoms with Crippen molar-refractivity contribution in [2.45, 2.75) is 31.7 Å². The lowest BCUT2D eigenvalue weighted by atomic mass is 10.2. The predicted molar refractivity (Wildman–Crippen MR) is 62.6 cm³/mol. The molecule has 1 fully saturated rings. The van der Waals surface area contributed by atoms with Gasteiger partial charge in [-0.3, -0.25) is 4.79 Å². The van der Waals surface area contributed by atoms with E-state index in [-0.39, 0.29) is 5.91 Å². The highest BCUT2D eigenvalue weighted by atomic mass is 16.5. The SMILES string of the molecule is C=CCOCCCC(=O)N1CCCC1C(=O)O. The fourth-order valence-electron chi connectivity index (χ4n) is 1.96. The largest absolute Gasteiger partial charge is 0.480 e. The Morgan fingerprint density at radius 1 is 1.53 bits per heavy atom. The topological polar surface area (TPSA) is 66.8 Å². The summed E-state index contributed by atoms with van der Waals surface area (Å²) in [5.74, 6) is -0.990. The summed E-state index contributed by atoms with van der Waals surface area (Å²) in [6.07, 6.45) is 3.96. The van der Waals surface area contributed by atoms with Gasteiger partial charge in [0.25, 0.3) is 0 Å². The molecule has 17 heavy (non-hydrogen) atoms. The number of aliphatic carboxylic acids is 1. The van der Waals surface area contributed by atoms with Crippen molar-refractivity contribution >= 4 is 11.9 Å². The van der Waals surface area contributed by atoms with Gasteiger partial charge < -0.3 is 14.7 Å². The van der Waals surface area contributed by atoms with Crippen molar-refractivity contribution in [1.29, 1.82) is 0 Å². The summed E-state index contributed by atoms with van der Waals surface area (Å²) in [7, 11) is 0. The van der Waals surface area contributed by atoms with E-state index >= 15 is 0 Å². The second kappa shape index (κ2) is 7.06. The lowest BCUT2D eigenvalue weighted by Crippen LogP contribution is -2.40. The molecule has 1 rings (SSSR count). The van der Waals surface area contributed by atoms with Gasteiger partial charge in [-0.15, -0.1) is 6.58 Å². The van der Waals surface area contributed by atoms with Gasteiger partial charge in [0.1, 0.15) is 6.04 Å². The lowest BCUT2D eigenvalue weighted by Gasteiger charge is -2.21. The first-order valence-corrected chi connectivity index (χ1v) is 5.87. The van der Waals surface area contributed by atoms with Gasteiger partial charge >= 0.3 is 5.97 Å². The molecule has 1 amide bonds. The number of carbonyl (C=O) groups is 2. The molecule has 1 aliphatic rings. The highest BCUT2D eigenvalue weighted by Crippen LogP contribution is 2.18. The van der Waals surface area contributed by atoms with Crippen molar-refractivity contribution in [2.24, 2.45) is 0 Å². The molecule has 0 aromatic carbocycles. The number of hydrogen-bond acceptors (Lipinski definition) is 3. The number of ether oxygens (including phenoxy) is 1. The van der Waals surface area contributed by atoms with E-state index in [2.05, 4.69) is 6.58 Å². The van der Waals surface area contributed by atoms with Gasteiger partial charge in [0, 0.05) is 19.6 Å². The van der Waals surface area contributed by atoms with E-state index in [9.17, 15) is 9.59 Å². The number of carbonyl (C=O) groups excluding carboxylic acids is 1. The second-order valence-corrected chi connectivity index (χ2v) is 4.05. The molecule has 5 heteroatoms. The molecule has 1 N–H and O–H groups in total. The summed E-state index contributed by atoms with van der Waals surface area (Å²) in [6.45, 7) is 5.06. The summed E-state index contributed by atoms with van der Waals surface area (Å²) in [6, 6.07) is -0.628. The molecule has 0 aliphatic carbocycles. The maximum Gasteiger partial charge on any atom is 0.326 e. The monoisotopic (exact) mass is 241 g/mol. The Morgan fingerprint density at radius 2 is 2.29 bits per heavy atom. The van der Waals surface area contributed by atoms with Gasteiger partial charge in [-0.05, 0) is 19.3 Å². The molecule has 1 atom stereocenters. The average molecular weight is 241 g/mol. The molecule has 1 heterocycles. The highest BCUT2D eigenvalue weighted by Gasteiger charge is 2.33. The third-order valence-electron chi connectivity index (χ3n) is 2.77. The molecular weight excluding hydrogens is 222 g/mol. The minimum absolute atomic E-state index is 0.0860. The second-order valence-electron chi connectivity index (χ2n) is 4.05. The third-order valence-corrected chi connectivity index (χ3v) is 2.77. The minimum atomic E-state index is -0.904. The molecule has 1 saturated heterocycles. The number of hydrogen-bond donors (Lipinski definition) is 1. The van der Waals surface area contributed by atoms with Crippen LogP contribution in [0, 0.1) is 0 Å². The smallest absolute Gasteiger partial charge is 0.326 e. The van der Waals surface area contributed by atoms with Crippen LogP contribution < -0.4 is 0 Å². The number of amides is 1. The number of carboxylic acids is 1. The van der Waals surface area contributed by atoms with E-state index in [4.69, 9.17) is 9.84 Å². The molecule has 1 unspecified atom stereocenters. The normalized spacial score (nSPS) is 19.3. The van der Waals surface area contributed by atoms with Crippen molar-refractivity contribution in [2.75, 3.05) is 19.8 Å². The van der Waals surface area contributed by atoms with Gasteiger partial charge in [0.2, 0.25) is 5.91 Å². The van der Waals surface area contributed by atoms with Crippen LogP contribution in [0.25, 0.3) is 0 Å². The molecule has 0 saturated carbocycles. The molecule has 96 valence electrons. The van der Waals surface area contributed by atoms with E-state index in [0.29, 0.717) is 39.0 Å². The first-order valence-electron chi connectivity index (χ1n) is 5.87. The Kier molecular flexibility index (Phi) is 5.69. The van der Waals surface area contributed by atoms with E-state index in [1.165, 1.54) is 4.90 Å². The molecular formula is C12H19NO4. The van der Waals surface area contributed by atoms with Crippen LogP contribution >= 0.6 is 0 Å². The molecule has 0 spiro atoms. The van der Waals surface area contributed by atoms with E-state index < -0.39 is 12.0 Å². The molecule has 0 aromatic heterocycles. The average Bonchev–Trinajstić information content (AvgIpc) is 2.77. The fraction of sp³-hybridized carbons (Fsp3) is 0.667. The Morgan fingerprint density at radius 3 is 2.94 bits per heavy atom. The van der Waals surface area contributed by atoms with Crippen LogP contribution in [0.5, 0.6) is 0 Å². The van der Waals surface area contributed by atoms with Crippen molar-refractivity contribution < 1.29 is 19.4 Å². The quantitative estimate of drug-likeness (QED) is 0.534. The van der Waals surface area contributed by atoms with Crippen LogP contribution in [0.2, 0.25) is 0 Å². The van der Waals surface area contributed by atoms with Crippen molar-refractivity contribution in [1.82, 2.24) is 4.90 Å². The van der Waals surface area contributed by atoms with Crippen molar-refractivity contribution in [3.05, 3.63) is 12.7 Å².